The van der Waals surface area contributed by atoms with Gasteiger partial charge in [0.25, 0.3) is 0 Å². The summed E-state index contributed by atoms with van der Waals surface area (Å²) in [5.74, 6) is 0.642. The van der Waals surface area contributed by atoms with Crippen LogP contribution in [0.4, 0.5) is 5.82 Å². The predicted molar refractivity (Wildman–Crippen MR) is 73.0 cm³/mol. The summed E-state index contributed by atoms with van der Waals surface area (Å²) in [6.45, 7) is 0.931. The van der Waals surface area contributed by atoms with Gasteiger partial charge in [-0.05, 0) is 31.5 Å². The third-order valence-electron chi connectivity index (χ3n) is 2.54. The van der Waals surface area contributed by atoms with Crippen LogP contribution in [0, 0.1) is 0 Å². The lowest BCUT2D eigenvalue weighted by atomic mass is 10.0. The molecule has 0 bridgehead atoms. The second kappa shape index (κ2) is 8.28. The van der Waals surface area contributed by atoms with E-state index < -0.39 is 0 Å². The van der Waals surface area contributed by atoms with Crippen LogP contribution in [0.1, 0.15) is 19.3 Å². The van der Waals surface area contributed by atoms with Gasteiger partial charge in [-0.2, -0.15) is 0 Å². The highest BCUT2D eigenvalue weighted by atomic mass is 35.5. The molecule has 0 saturated carbocycles. The van der Waals surface area contributed by atoms with Crippen molar-refractivity contribution in [3.05, 3.63) is 24.4 Å². The minimum absolute atomic E-state index is 0. The number of hydrogen-bond donors (Lipinski definition) is 2. The maximum absolute atomic E-state index is 11.8. The Bertz CT molecular complexity index is 329. The van der Waals surface area contributed by atoms with E-state index in [4.69, 9.17) is 0 Å². The van der Waals surface area contributed by atoms with Crippen LogP contribution < -0.4 is 10.6 Å². The van der Waals surface area contributed by atoms with E-state index in [9.17, 15) is 4.79 Å². The highest BCUT2D eigenvalue weighted by Gasteiger charge is 2.20. The highest BCUT2D eigenvalue weighted by Crippen LogP contribution is 2.09. The summed E-state index contributed by atoms with van der Waals surface area (Å²) in [5, 5.41) is 6.00. The van der Waals surface area contributed by atoms with Gasteiger partial charge in [0.2, 0.25) is 5.91 Å². The van der Waals surface area contributed by atoms with Crippen LogP contribution >= 0.6 is 24.8 Å². The van der Waals surface area contributed by atoms with Gasteiger partial charge in [0, 0.05) is 6.20 Å². The van der Waals surface area contributed by atoms with E-state index in [2.05, 4.69) is 15.6 Å². The van der Waals surface area contributed by atoms with Gasteiger partial charge in [-0.1, -0.05) is 12.5 Å². The second-order valence-electron chi connectivity index (χ2n) is 3.71. The predicted octanol–water partition coefficient (Wildman–Crippen LogP) is 2.01. The number of amides is 1. The summed E-state index contributed by atoms with van der Waals surface area (Å²) < 4.78 is 0. The number of halogens is 2. The molecule has 1 aromatic heterocycles. The van der Waals surface area contributed by atoms with E-state index in [0.717, 1.165) is 25.8 Å². The normalized spacial score (nSPS) is 18.5. The van der Waals surface area contributed by atoms with Gasteiger partial charge in [-0.15, -0.1) is 24.8 Å². The second-order valence-corrected chi connectivity index (χ2v) is 3.71. The van der Waals surface area contributed by atoms with E-state index in [-0.39, 0.29) is 36.8 Å². The molecule has 0 aliphatic carbocycles. The maximum Gasteiger partial charge on any atom is 0.242 e. The molecule has 1 aliphatic heterocycles. The standard InChI is InChI=1S/C11H15N3O.2ClH/c15-11(9-5-1-3-7-12-9)14-10-6-2-4-8-13-10;;/h2,4,6,8-9,12H,1,3,5,7H2,(H,13,14,15);2*1H. The summed E-state index contributed by atoms with van der Waals surface area (Å²) in [5.41, 5.74) is 0. The van der Waals surface area contributed by atoms with Crippen molar-refractivity contribution in [1.29, 1.82) is 0 Å². The number of carbonyl (C=O) groups is 1. The van der Waals surface area contributed by atoms with Gasteiger partial charge in [0.05, 0.1) is 6.04 Å². The summed E-state index contributed by atoms with van der Waals surface area (Å²) in [6, 6.07) is 5.42. The zero-order valence-corrected chi connectivity index (χ0v) is 11.0. The molecule has 2 rings (SSSR count). The molecular weight excluding hydrogens is 261 g/mol. The van der Waals surface area contributed by atoms with Crippen molar-refractivity contribution >= 4 is 36.5 Å². The van der Waals surface area contributed by atoms with Crippen molar-refractivity contribution in [1.82, 2.24) is 10.3 Å². The number of anilines is 1. The lowest BCUT2D eigenvalue weighted by Crippen LogP contribution is -2.43. The molecule has 4 nitrogen and oxygen atoms in total. The van der Waals surface area contributed by atoms with Crippen LogP contribution in [0.25, 0.3) is 0 Å². The molecule has 6 heteroatoms. The van der Waals surface area contributed by atoms with Gasteiger partial charge in [-0.3, -0.25) is 4.79 Å². The molecule has 96 valence electrons. The molecule has 1 amide bonds. The topological polar surface area (TPSA) is 54.0 Å². The van der Waals surface area contributed by atoms with Crippen molar-refractivity contribution in [2.24, 2.45) is 0 Å². The largest absolute Gasteiger partial charge is 0.309 e. The van der Waals surface area contributed by atoms with Crippen LogP contribution in [0.3, 0.4) is 0 Å². The Kier molecular flexibility index (Phi) is 7.87. The van der Waals surface area contributed by atoms with Crippen LogP contribution in [0.2, 0.25) is 0 Å². The minimum atomic E-state index is -0.0549. The number of carbonyl (C=O) groups excluding carboxylic acids is 1. The minimum Gasteiger partial charge on any atom is -0.309 e. The van der Waals surface area contributed by atoms with Gasteiger partial charge >= 0.3 is 0 Å². The van der Waals surface area contributed by atoms with E-state index in [1.807, 2.05) is 12.1 Å². The quantitative estimate of drug-likeness (QED) is 0.870. The van der Waals surface area contributed by atoms with E-state index in [0.29, 0.717) is 5.82 Å². The maximum atomic E-state index is 11.8. The lowest BCUT2D eigenvalue weighted by Gasteiger charge is -2.22. The summed E-state index contributed by atoms with van der Waals surface area (Å²) in [7, 11) is 0. The van der Waals surface area contributed by atoms with Gasteiger partial charge < -0.3 is 10.6 Å². The molecule has 1 fully saturated rings. The number of aromatic nitrogens is 1. The van der Waals surface area contributed by atoms with Crippen molar-refractivity contribution in [3.8, 4) is 0 Å². The van der Waals surface area contributed by atoms with Crippen LogP contribution in [-0.4, -0.2) is 23.5 Å². The Balaban J connectivity index is 0.00000128. The third-order valence-corrected chi connectivity index (χ3v) is 2.54. The molecular formula is C11H17Cl2N3O. The van der Waals surface area contributed by atoms with E-state index >= 15 is 0 Å². The Hall–Kier alpha value is -0.840. The summed E-state index contributed by atoms with van der Waals surface area (Å²) in [4.78, 5) is 15.8. The number of pyridine rings is 1. The first kappa shape index (κ1) is 16.2. The zero-order valence-electron chi connectivity index (χ0n) is 9.39. The molecule has 1 aliphatic rings. The molecule has 2 heterocycles. The van der Waals surface area contributed by atoms with Gasteiger partial charge in [0.1, 0.15) is 5.82 Å². The SMILES string of the molecule is Cl.Cl.O=C(Nc1ccccn1)C1CCCCN1. The smallest absolute Gasteiger partial charge is 0.242 e. The average Bonchev–Trinajstić information content (AvgIpc) is 2.31. The van der Waals surface area contributed by atoms with Crippen molar-refractivity contribution < 1.29 is 4.79 Å². The fourth-order valence-corrected chi connectivity index (χ4v) is 1.73. The number of rotatable bonds is 2. The van der Waals surface area contributed by atoms with Gasteiger partial charge in [0.15, 0.2) is 0 Å². The summed E-state index contributed by atoms with van der Waals surface area (Å²) >= 11 is 0. The third kappa shape index (κ3) is 4.89. The fourth-order valence-electron chi connectivity index (χ4n) is 1.73. The Morgan fingerprint density at radius 2 is 2.18 bits per heavy atom. The van der Waals surface area contributed by atoms with Crippen molar-refractivity contribution in [2.75, 3.05) is 11.9 Å². The summed E-state index contributed by atoms with van der Waals surface area (Å²) in [6.07, 6.45) is 4.86. The van der Waals surface area contributed by atoms with Crippen molar-refractivity contribution in [2.45, 2.75) is 25.3 Å². The lowest BCUT2D eigenvalue weighted by molar-refractivity contribution is -0.118. The first-order valence-corrected chi connectivity index (χ1v) is 5.31. The number of hydrogen-bond acceptors (Lipinski definition) is 3. The Morgan fingerprint density at radius 1 is 1.35 bits per heavy atom. The highest BCUT2D eigenvalue weighted by molar-refractivity contribution is 5.94. The molecule has 1 aromatic rings. The Labute approximate surface area is 113 Å². The number of nitrogens with one attached hydrogen (secondary N) is 2. The molecule has 0 aromatic carbocycles. The van der Waals surface area contributed by atoms with Crippen LogP contribution in [0.5, 0.6) is 0 Å². The molecule has 1 unspecified atom stereocenters. The molecule has 0 spiro atoms. The molecule has 0 radical (unpaired) electrons. The fraction of sp³-hybridized carbons (Fsp3) is 0.455. The molecule has 1 atom stereocenters. The Morgan fingerprint density at radius 3 is 2.76 bits per heavy atom. The molecule has 1 saturated heterocycles. The van der Waals surface area contributed by atoms with Crippen LogP contribution in [-0.2, 0) is 4.79 Å². The molecule has 2 N–H and O–H groups in total. The van der Waals surface area contributed by atoms with Crippen LogP contribution in [0.15, 0.2) is 24.4 Å². The van der Waals surface area contributed by atoms with E-state index in [1.54, 1.807) is 12.3 Å². The van der Waals surface area contributed by atoms with Gasteiger partial charge in [-0.25, -0.2) is 4.98 Å². The van der Waals surface area contributed by atoms with E-state index in [1.165, 1.54) is 0 Å². The van der Waals surface area contributed by atoms with Crippen molar-refractivity contribution in [3.63, 3.8) is 0 Å². The average molecular weight is 278 g/mol. The zero-order chi connectivity index (χ0) is 10.5. The number of nitrogens with zero attached hydrogens (tertiary/aromatic N) is 1. The first-order chi connectivity index (χ1) is 7.36. The monoisotopic (exact) mass is 277 g/mol. The first-order valence-electron chi connectivity index (χ1n) is 5.31. The molecule has 17 heavy (non-hydrogen) atoms. The number of piperidine rings is 1.